The molecule has 186 valence electrons. The fourth-order valence-electron chi connectivity index (χ4n) is 5.86. The highest BCUT2D eigenvalue weighted by Gasteiger charge is 2.37. The molecule has 5 rings (SSSR count). The van der Waals surface area contributed by atoms with Crippen molar-refractivity contribution in [2.75, 3.05) is 32.7 Å². The number of nitro benzene ring substituents is 1. The van der Waals surface area contributed by atoms with Gasteiger partial charge in [-0.25, -0.2) is 0 Å². The van der Waals surface area contributed by atoms with Gasteiger partial charge >= 0.3 is 0 Å². The Labute approximate surface area is 212 Å². The summed E-state index contributed by atoms with van der Waals surface area (Å²) in [5.74, 6) is 1.34. The number of benzene rings is 3. The molecule has 0 bridgehead atoms. The number of amides is 1. The molecule has 3 aromatic rings. The minimum atomic E-state index is -0.436. The Morgan fingerprint density at radius 3 is 2.14 bits per heavy atom. The molecule has 3 aromatic carbocycles. The van der Waals surface area contributed by atoms with Crippen molar-refractivity contribution < 1.29 is 9.72 Å². The zero-order chi connectivity index (χ0) is 24.9. The number of nitrogens with zero attached hydrogens (tertiary/aromatic N) is 3. The summed E-state index contributed by atoms with van der Waals surface area (Å²) in [4.78, 5) is 28.4. The van der Waals surface area contributed by atoms with Crippen LogP contribution in [0.5, 0.6) is 0 Å². The highest BCUT2D eigenvalue weighted by molar-refractivity contribution is 5.94. The van der Waals surface area contributed by atoms with Gasteiger partial charge in [0.25, 0.3) is 11.6 Å². The molecule has 2 heterocycles. The third-order valence-electron chi connectivity index (χ3n) is 7.85. The van der Waals surface area contributed by atoms with Crippen LogP contribution in [-0.4, -0.2) is 53.4 Å². The first kappa shape index (κ1) is 24.2. The van der Waals surface area contributed by atoms with Crippen LogP contribution in [0.4, 0.5) is 5.69 Å². The van der Waals surface area contributed by atoms with Gasteiger partial charge in [0.2, 0.25) is 0 Å². The zero-order valence-electron chi connectivity index (χ0n) is 20.5. The first-order chi connectivity index (χ1) is 17.6. The highest BCUT2D eigenvalue weighted by Crippen LogP contribution is 2.35. The Hall–Kier alpha value is -3.51. The molecule has 0 aromatic heterocycles. The highest BCUT2D eigenvalue weighted by atomic mass is 16.6. The molecule has 2 saturated heterocycles. The predicted octanol–water partition coefficient (Wildman–Crippen LogP) is 5.41. The quantitative estimate of drug-likeness (QED) is 0.333. The molecule has 0 radical (unpaired) electrons. The van der Waals surface area contributed by atoms with Gasteiger partial charge in [-0.3, -0.25) is 14.9 Å². The number of likely N-dealkylation sites (tertiary alicyclic amines) is 2. The smallest absolute Gasteiger partial charge is 0.269 e. The molecule has 1 amide bonds. The summed E-state index contributed by atoms with van der Waals surface area (Å²) in [6, 6.07) is 27.3. The number of carbonyl (C=O) groups excluding carboxylic acids is 1. The number of piperidine rings is 1. The van der Waals surface area contributed by atoms with Crippen LogP contribution in [0.1, 0.15) is 40.2 Å². The number of hydrogen-bond acceptors (Lipinski definition) is 4. The Balaban J connectivity index is 1.24. The molecule has 36 heavy (non-hydrogen) atoms. The van der Waals surface area contributed by atoms with Gasteiger partial charge in [-0.1, -0.05) is 60.7 Å². The topological polar surface area (TPSA) is 66.7 Å². The molecular formula is C30H33N3O3. The van der Waals surface area contributed by atoms with Gasteiger partial charge in [0.15, 0.2) is 0 Å². The summed E-state index contributed by atoms with van der Waals surface area (Å²) >= 11 is 0. The Kier molecular flexibility index (Phi) is 7.42. The summed E-state index contributed by atoms with van der Waals surface area (Å²) in [5, 5.41) is 11.0. The Bertz CT molecular complexity index is 1160. The van der Waals surface area contributed by atoms with Crippen molar-refractivity contribution in [3.63, 3.8) is 0 Å². The van der Waals surface area contributed by atoms with Gasteiger partial charge in [-0.05, 0) is 67.4 Å². The molecule has 0 unspecified atom stereocenters. The average Bonchev–Trinajstić information content (AvgIpc) is 3.34. The number of hydrogen-bond donors (Lipinski definition) is 0. The summed E-state index contributed by atoms with van der Waals surface area (Å²) < 4.78 is 0. The van der Waals surface area contributed by atoms with Crippen molar-refractivity contribution in [1.29, 1.82) is 0 Å². The van der Waals surface area contributed by atoms with E-state index in [0.29, 0.717) is 24.6 Å². The minimum Gasteiger partial charge on any atom is -0.338 e. The largest absolute Gasteiger partial charge is 0.338 e. The normalized spacial score (nSPS) is 20.9. The molecule has 2 aliphatic rings. The first-order valence-corrected chi connectivity index (χ1v) is 12.9. The lowest BCUT2D eigenvalue weighted by Gasteiger charge is -2.34. The summed E-state index contributed by atoms with van der Waals surface area (Å²) in [6.07, 6.45) is 3.58. The van der Waals surface area contributed by atoms with Crippen LogP contribution in [0.3, 0.4) is 0 Å². The van der Waals surface area contributed by atoms with E-state index in [-0.39, 0.29) is 17.5 Å². The molecular weight excluding hydrogens is 450 g/mol. The van der Waals surface area contributed by atoms with E-state index >= 15 is 0 Å². The molecule has 0 spiro atoms. The fraction of sp³-hybridized carbons (Fsp3) is 0.367. The van der Waals surface area contributed by atoms with Crippen LogP contribution in [0.2, 0.25) is 0 Å². The number of non-ortho nitro benzene ring substituents is 1. The van der Waals surface area contributed by atoms with Crippen molar-refractivity contribution in [2.24, 2.45) is 11.8 Å². The van der Waals surface area contributed by atoms with E-state index in [9.17, 15) is 14.9 Å². The summed E-state index contributed by atoms with van der Waals surface area (Å²) in [7, 11) is 0. The SMILES string of the molecule is O=C(c1ccc([N+](=O)[O-])cc1)N1C[C@H](CN2CCC(Cc3ccccc3)CC2)[C@@H](c2ccccc2)C1. The van der Waals surface area contributed by atoms with Crippen molar-refractivity contribution in [3.8, 4) is 0 Å². The summed E-state index contributed by atoms with van der Waals surface area (Å²) in [5.41, 5.74) is 3.22. The lowest BCUT2D eigenvalue weighted by Crippen LogP contribution is -2.39. The van der Waals surface area contributed by atoms with E-state index in [2.05, 4.69) is 59.5 Å². The van der Waals surface area contributed by atoms with Crippen molar-refractivity contribution in [3.05, 3.63) is 112 Å². The number of carbonyl (C=O) groups is 1. The van der Waals surface area contributed by atoms with E-state index in [1.165, 1.54) is 36.1 Å². The van der Waals surface area contributed by atoms with Crippen LogP contribution in [-0.2, 0) is 6.42 Å². The van der Waals surface area contributed by atoms with Gasteiger partial charge in [-0.15, -0.1) is 0 Å². The van der Waals surface area contributed by atoms with E-state index in [1.807, 2.05) is 11.0 Å². The standard InChI is InChI=1S/C30H33N3O3/c34-30(26-11-13-28(14-12-26)33(35)36)32-21-27(29(22-32)25-9-5-2-6-10-25)20-31-17-15-24(16-18-31)19-23-7-3-1-4-8-23/h1-14,24,27,29H,15-22H2/t27-,29+/m0/s1. The molecule has 0 saturated carbocycles. The maximum atomic E-state index is 13.3. The van der Waals surface area contributed by atoms with Crippen LogP contribution in [0, 0.1) is 22.0 Å². The van der Waals surface area contributed by atoms with E-state index in [1.54, 1.807) is 12.1 Å². The van der Waals surface area contributed by atoms with E-state index in [4.69, 9.17) is 0 Å². The molecule has 0 aliphatic carbocycles. The van der Waals surface area contributed by atoms with Crippen LogP contribution in [0.25, 0.3) is 0 Å². The lowest BCUT2D eigenvalue weighted by molar-refractivity contribution is -0.384. The van der Waals surface area contributed by atoms with Gasteiger partial charge in [0.05, 0.1) is 4.92 Å². The van der Waals surface area contributed by atoms with Crippen LogP contribution in [0.15, 0.2) is 84.9 Å². The average molecular weight is 484 g/mol. The van der Waals surface area contributed by atoms with Gasteiger partial charge in [-0.2, -0.15) is 0 Å². The molecule has 0 N–H and O–H groups in total. The minimum absolute atomic E-state index is 0.00341. The van der Waals surface area contributed by atoms with E-state index < -0.39 is 4.92 Å². The van der Waals surface area contributed by atoms with Gasteiger partial charge in [0, 0.05) is 43.2 Å². The van der Waals surface area contributed by atoms with Crippen molar-refractivity contribution in [1.82, 2.24) is 9.80 Å². The van der Waals surface area contributed by atoms with Crippen molar-refractivity contribution >= 4 is 11.6 Å². The second-order valence-electron chi connectivity index (χ2n) is 10.2. The third kappa shape index (κ3) is 5.65. The second kappa shape index (κ2) is 11.0. The Morgan fingerprint density at radius 2 is 1.50 bits per heavy atom. The van der Waals surface area contributed by atoms with Crippen LogP contribution < -0.4 is 0 Å². The second-order valence-corrected chi connectivity index (χ2v) is 10.2. The Morgan fingerprint density at radius 1 is 0.861 bits per heavy atom. The molecule has 2 fully saturated rings. The third-order valence-corrected chi connectivity index (χ3v) is 7.85. The van der Waals surface area contributed by atoms with Gasteiger partial charge < -0.3 is 9.80 Å². The van der Waals surface area contributed by atoms with Gasteiger partial charge in [0.1, 0.15) is 0 Å². The van der Waals surface area contributed by atoms with Crippen LogP contribution >= 0.6 is 0 Å². The molecule has 2 aliphatic heterocycles. The first-order valence-electron chi connectivity index (χ1n) is 12.9. The zero-order valence-corrected chi connectivity index (χ0v) is 20.5. The maximum Gasteiger partial charge on any atom is 0.269 e. The molecule has 2 atom stereocenters. The number of rotatable bonds is 7. The van der Waals surface area contributed by atoms with Crippen molar-refractivity contribution in [2.45, 2.75) is 25.2 Å². The predicted molar refractivity (Wildman–Crippen MR) is 141 cm³/mol. The monoisotopic (exact) mass is 483 g/mol. The number of nitro groups is 1. The lowest BCUT2D eigenvalue weighted by atomic mass is 9.86. The molecule has 6 heteroatoms. The summed E-state index contributed by atoms with van der Waals surface area (Å²) in [6.45, 7) is 4.58. The fourth-order valence-corrected chi connectivity index (χ4v) is 5.86. The van der Waals surface area contributed by atoms with E-state index in [0.717, 1.165) is 32.0 Å². The maximum absolute atomic E-state index is 13.3. The molecule has 6 nitrogen and oxygen atoms in total.